The Morgan fingerprint density at radius 2 is 2.14 bits per heavy atom. The van der Waals surface area contributed by atoms with Gasteiger partial charge >= 0.3 is 0 Å². The zero-order valence-corrected chi connectivity index (χ0v) is 7.85. The SMILES string of the molecule is C=C[C@@H](N)c1cnc2ccccc2c1. The first kappa shape index (κ1) is 8.91. The number of benzene rings is 1. The number of hydrogen-bond acceptors (Lipinski definition) is 2. The Morgan fingerprint density at radius 3 is 2.93 bits per heavy atom. The largest absolute Gasteiger partial charge is 0.321 e. The molecule has 0 fully saturated rings. The van der Waals surface area contributed by atoms with Crippen molar-refractivity contribution in [1.82, 2.24) is 4.98 Å². The number of fused-ring (bicyclic) bond motifs is 1. The summed E-state index contributed by atoms with van der Waals surface area (Å²) in [5, 5.41) is 1.11. The number of nitrogens with zero attached hydrogens (tertiary/aromatic N) is 1. The molecule has 0 saturated carbocycles. The van der Waals surface area contributed by atoms with Crippen LogP contribution in [0, 0.1) is 0 Å². The Kier molecular flexibility index (Phi) is 2.29. The predicted octanol–water partition coefficient (Wildman–Crippen LogP) is 2.42. The van der Waals surface area contributed by atoms with E-state index in [-0.39, 0.29) is 6.04 Å². The van der Waals surface area contributed by atoms with Crippen molar-refractivity contribution in [3.05, 3.63) is 54.7 Å². The van der Waals surface area contributed by atoms with Crippen LogP contribution >= 0.6 is 0 Å². The van der Waals surface area contributed by atoms with Crippen LogP contribution in [0.1, 0.15) is 11.6 Å². The average Bonchev–Trinajstić information content (AvgIpc) is 2.27. The van der Waals surface area contributed by atoms with E-state index in [1.54, 1.807) is 12.3 Å². The molecular formula is C12H12N2. The smallest absolute Gasteiger partial charge is 0.0702 e. The average molecular weight is 184 g/mol. The van der Waals surface area contributed by atoms with E-state index in [1.165, 1.54) is 0 Å². The Bertz CT molecular complexity index is 463. The molecule has 0 unspecified atom stereocenters. The maximum atomic E-state index is 5.83. The molecule has 1 atom stereocenters. The molecule has 1 aromatic heterocycles. The summed E-state index contributed by atoms with van der Waals surface area (Å²) in [5.41, 5.74) is 7.82. The molecule has 2 aromatic rings. The standard InChI is InChI=1S/C12H12N2/c1-2-11(13)10-7-9-5-3-4-6-12(9)14-8-10/h2-8,11H,1,13H2/t11-/m1/s1. The van der Waals surface area contributed by atoms with Crippen molar-refractivity contribution in [2.75, 3.05) is 0 Å². The van der Waals surface area contributed by atoms with Crippen molar-refractivity contribution < 1.29 is 0 Å². The molecule has 2 nitrogen and oxygen atoms in total. The van der Waals surface area contributed by atoms with Gasteiger partial charge in [0.25, 0.3) is 0 Å². The first-order valence-electron chi connectivity index (χ1n) is 4.54. The summed E-state index contributed by atoms with van der Waals surface area (Å²) >= 11 is 0. The summed E-state index contributed by atoms with van der Waals surface area (Å²) in [6.07, 6.45) is 3.51. The summed E-state index contributed by atoms with van der Waals surface area (Å²) in [5.74, 6) is 0. The van der Waals surface area contributed by atoms with Gasteiger partial charge in [0.2, 0.25) is 0 Å². The molecule has 0 saturated heterocycles. The highest BCUT2D eigenvalue weighted by atomic mass is 14.7. The second-order valence-electron chi connectivity index (χ2n) is 3.22. The van der Waals surface area contributed by atoms with E-state index < -0.39 is 0 Å². The van der Waals surface area contributed by atoms with E-state index in [4.69, 9.17) is 5.73 Å². The minimum atomic E-state index is -0.132. The first-order chi connectivity index (χ1) is 6.81. The number of aromatic nitrogens is 1. The van der Waals surface area contributed by atoms with E-state index in [9.17, 15) is 0 Å². The van der Waals surface area contributed by atoms with Crippen LogP contribution in [-0.2, 0) is 0 Å². The van der Waals surface area contributed by atoms with Gasteiger partial charge in [0.1, 0.15) is 0 Å². The number of rotatable bonds is 2. The molecule has 2 N–H and O–H groups in total. The van der Waals surface area contributed by atoms with Gasteiger partial charge in [-0.05, 0) is 17.7 Å². The van der Waals surface area contributed by atoms with Crippen LogP contribution in [0.15, 0.2) is 49.2 Å². The summed E-state index contributed by atoms with van der Waals surface area (Å²) in [6, 6.07) is 9.90. The van der Waals surface area contributed by atoms with Gasteiger partial charge in [-0.25, -0.2) is 0 Å². The molecule has 1 heterocycles. The zero-order chi connectivity index (χ0) is 9.97. The predicted molar refractivity (Wildman–Crippen MR) is 58.9 cm³/mol. The van der Waals surface area contributed by atoms with Crippen molar-refractivity contribution in [2.45, 2.75) is 6.04 Å². The zero-order valence-electron chi connectivity index (χ0n) is 7.85. The maximum absolute atomic E-state index is 5.83. The third-order valence-electron chi connectivity index (χ3n) is 2.25. The van der Waals surface area contributed by atoms with Crippen LogP contribution in [-0.4, -0.2) is 4.98 Å². The Morgan fingerprint density at radius 1 is 1.36 bits per heavy atom. The molecule has 2 heteroatoms. The van der Waals surface area contributed by atoms with Crippen LogP contribution < -0.4 is 5.73 Å². The lowest BCUT2D eigenvalue weighted by Crippen LogP contribution is -2.06. The molecule has 14 heavy (non-hydrogen) atoms. The molecule has 0 aliphatic rings. The lowest BCUT2D eigenvalue weighted by molar-refractivity contribution is 0.909. The van der Waals surface area contributed by atoms with Gasteiger partial charge < -0.3 is 5.73 Å². The van der Waals surface area contributed by atoms with Crippen LogP contribution in [0.4, 0.5) is 0 Å². The van der Waals surface area contributed by atoms with Crippen molar-refractivity contribution >= 4 is 10.9 Å². The fourth-order valence-electron chi connectivity index (χ4n) is 1.41. The summed E-state index contributed by atoms with van der Waals surface area (Å²) in [6.45, 7) is 3.66. The van der Waals surface area contributed by atoms with Crippen LogP contribution in [0.3, 0.4) is 0 Å². The molecule has 0 bridgehead atoms. The molecule has 0 aliphatic carbocycles. The fraction of sp³-hybridized carbons (Fsp3) is 0.0833. The van der Waals surface area contributed by atoms with Gasteiger partial charge in [-0.3, -0.25) is 4.98 Å². The van der Waals surface area contributed by atoms with Gasteiger partial charge in [0.05, 0.1) is 5.52 Å². The summed E-state index contributed by atoms with van der Waals surface area (Å²) in [4.78, 5) is 4.32. The van der Waals surface area contributed by atoms with Gasteiger partial charge in [-0.15, -0.1) is 6.58 Å². The number of hydrogen-bond donors (Lipinski definition) is 1. The van der Waals surface area contributed by atoms with Gasteiger partial charge in [-0.1, -0.05) is 24.3 Å². The molecule has 0 amide bonds. The molecule has 0 radical (unpaired) electrons. The van der Waals surface area contributed by atoms with E-state index in [1.807, 2.05) is 24.3 Å². The molecule has 2 rings (SSSR count). The fourth-order valence-corrected chi connectivity index (χ4v) is 1.41. The van der Waals surface area contributed by atoms with Crippen LogP contribution in [0.25, 0.3) is 10.9 Å². The molecule has 1 aromatic carbocycles. The van der Waals surface area contributed by atoms with Gasteiger partial charge in [-0.2, -0.15) is 0 Å². The minimum absolute atomic E-state index is 0.132. The number of para-hydroxylation sites is 1. The highest BCUT2D eigenvalue weighted by Crippen LogP contribution is 2.16. The van der Waals surface area contributed by atoms with Crippen molar-refractivity contribution in [2.24, 2.45) is 5.73 Å². The lowest BCUT2D eigenvalue weighted by Gasteiger charge is -2.06. The van der Waals surface area contributed by atoms with Crippen LogP contribution in [0.2, 0.25) is 0 Å². The Hall–Kier alpha value is -1.67. The number of pyridine rings is 1. The number of nitrogens with two attached hydrogens (primary N) is 1. The molecule has 70 valence electrons. The molecule has 0 spiro atoms. The van der Waals surface area contributed by atoms with E-state index in [0.717, 1.165) is 16.5 Å². The second-order valence-corrected chi connectivity index (χ2v) is 3.22. The topological polar surface area (TPSA) is 38.9 Å². The quantitative estimate of drug-likeness (QED) is 0.728. The van der Waals surface area contributed by atoms with Crippen molar-refractivity contribution in [1.29, 1.82) is 0 Å². The van der Waals surface area contributed by atoms with Crippen LogP contribution in [0.5, 0.6) is 0 Å². The monoisotopic (exact) mass is 184 g/mol. The first-order valence-corrected chi connectivity index (χ1v) is 4.54. The molecular weight excluding hydrogens is 172 g/mol. The Labute approximate surface area is 83.1 Å². The maximum Gasteiger partial charge on any atom is 0.0702 e. The van der Waals surface area contributed by atoms with E-state index in [0.29, 0.717) is 0 Å². The summed E-state index contributed by atoms with van der Waals surface area (Å²) in [7, 11) is 0. The minimum Gasteiger partial charge on any atom is -0.321 e. The summed E-state index contributed by atoms with van der Waals surface area (Å²) < 4.78 is 0. The van der Waals surface area contributed by atoms with Gasteiger partial charge in [0, 0.05) is 17.6 Å². The third kappa shape index (κ3) is 1.52. The highest BCUT2D eigenvalue weighted by molar-refractivity contribution is 5.78. The normalized spacial score (nSPS) is 12.6. The highest BCUT2D eigenvalue weighted by Gasteiger charge is 2.02. The molecule has 0 aliphatic heterocycles. The van der Waals surface area contributed by atoms with Crippen molar-refractivity contribution in [3.63, 3.8) is 0 Å². The second kappa shape index (κ2) is 3.60. The van der Waals surface area contributed by atoms with E-state index >= 15 is 0 Å². The van der Waals surface area contributed by atoms with Gasteiger partial charge in [0.15, 0.2) is 0 Å². The lowest BCUT2D eigenvalue weighted by atomic mass is 10.1. The van der Waals surface area contributed by atoms with Crippen molar-refractivity contribution in [3.8, 4) is 0 Å². The third-order valence-corrected chi connectivity index (χ3v) is 2.25. The Balaban J connectivity index is 2.56. The van der Waals surface area contributed by atoms with E-state index in [2.05, 4.69) is 17.6 Å².